The van der Waals surface area contributed by atoms with Crippen molar-refractivity contribution in [1.29, 1.82) is 5.26 Å². The summed E-state index contributed by atoms with van der Waals surface area (Å²) < 4.78 is 31.4. The lowest BCUT2D eigenvalue weighted by atomic mass is 9.98. The molecule has 2 N–H and O–H groups in total. The highest BCUT2D eigenvalue weighted by molar-refractivity contribution is 5.25. The monoisotopic (exact) mass is 240 g/mol. The van der Waals surface area contributed by atoms with E-state index in [1.807, 2.05) is 6.07 Å². The Morgan fingerprint density at radius 1 is 1.53 bits per heavy atom. The van der Waals surface area contributed by atoms with Crippen LogP contribution >= 0.6 is 0 Å². The maximum absolute atomic E-state index is 13.3. The highest BCUT2D eigenvalue weighted by Gasteiger charge is 2.22. The Morgan fingerprint density at radius 2 is 2.18 bits per heavy atom. The fourth-order valence-electron chi connectivity index (χ4n) is 1.47. The predicted octanol–water partition coefficient (Wildman–Crippen LogP) is 2.36. The predicted molar refractivity (Wildman–Crippen MR) is 59.3 cm³/mol. The molecule has 17 heavy (non-hydrogen) atoms. The summed E-state index contributed by atoms with van der Waals surface area (Å²) in [7, 11) is 0. The Balaban J connectivity index is 2.72. The minimum absolute atomic E-state index is 0.175. The van der Waals surface area contributed by atoms with Crippen molar-refractivity contribution in [3.8, 4) is 11.8 Å². The Bertz CT molecular complexity index is 441. The fourth-order valence-corrected chi connectivity index (χ4v) is 1.47. The molecular formula is C12H14F2N2O. The first kappa shape index (κ1) is 13.4. The zero-order valence-electron chi connectivity index (χ0n) is 9.71. The van der Waals surface area contributed by atoms with Crippen molar-refractivity contribution in [1.82, 2.24) is 0 Å². The van der Waals surface area contributed by atoms with Crippen LogP contribution in [0.1, 0.15) is 20.3 Å². The summed E-state index contributed by atoms with van der Waals surface area (Å²) in [5, 5.41) is 8.74. The summed E-state index contributed by atoms with van der Waals surface area (Å²) in [5.41, 5.74) is 4.58. The standard InChI is InChI=1S/C12H14F2N2O/c1-8(6-12(2,16)7-15)17-11-5-9(13)3-4-10(11)14/h3-5,8H,6,16H2,1-2H3. The smallest absolute Gasteiger partial charge is 0.165 e. The Labute approximate surface area is 98.8 Å². The topological polar surface area (TPSA) is 59.0 Å². The number of hydrogen-bond donors (Lipinski definition) is 1. The van der Waals surface area contributed by atoms with E-state index < -0.39 is 23.3 Å². The number of nitrogens with two attached hydrogens (primary N) is 1. The largest absolute Gasteiger partial charge is 0.487 e. The van der Waals surface area contributed by atoms with E-state index in [0.717, 1.165) is 18.2 Å². The minimum Gasteiger partial charge on any atom is -0.487 e. The van der Waals surface area contributed by atoms with Crippen molar-refractivity contribution < 1.29 is 13.5 Å². The molecule has 0 aliphatic rings. The quantitative estimate of drug-likeness (QED) is 0.878. The van der Waals surface area contributed by atoms with Crippen LogP contribution in [0.5, 0.6) is 5.75 Å². The highest BCUT2D eigenvalue weighted by Crippen LogP contribution is 2.21. The van der Waals surface area contributed by atoms with Crippen LogP contribution in [0.2, 0.25) is 0 Å². The Morgan fingerprint density at radius 3 is 2.76 bits per heavy atom. The molecule has 0 saturated heterocycles. The third kappa shape index (κ3) is 4.00. The van der Waals surface area contributed by atoms with E-state index in [1.165, 1.54) is 0 Å². The number of rotatable bonds is 4. The van der Waals surface area contributed by atoms with Crippen molar-refractivity contribution in [2.75, 3.05) is 0 Å². The van der Waals surface area contributed by atoms with Crippen molar-refractivity contribution in [3.63, 3.8) is 0 Å². The van der Waals surface area contributed by atoms with Gasteiger partial charge in [0.05, 0.1) is 12.2 Å². The molecule has 0 radical (unpaired) electrons. The first-order chi connectivity index (χ1) is 7.84. The van der Waals surface area contributed by atoms with Crippen LogP contribution in [0.4, 0.5) is 8.78 Å². The van der Waals surface area contributed by atoms with E-state index in [-0.39, 0.29) is 12.2 Å². The summed E-state index contributed by atoms with van der Waals surface area (Å²) in [6.07, 6.45) is -0.264. The van der Waals surface area contributed by atoms with Crippen LogP contribution in [0.3, 0.4) is 0 Å². The van der Waals surface area contributed by atoms with Gasteiger partial charge < -0.3 is 10.5 Å². The third-order valence-electron chi connectivity index (χ3n) is 2.19. The highest BCUT2D eigenvalue weighted by atomic mass is 19.1. The van der Waals surface area contributed by atoms with E-state index in [2.05, 4.69) is 0 Å². The van der Waals surface area contributed by atoms with Crippen LogP contribution < -0.4 is 10.5 Å². The molecule has 0 saturated carbocycles. The lowest BCUT2D eigenvalue weighted by molar-refractivity contribution is 0.183. The number of nitriles is 1. The molecule has 2 atom stereocenters. The van der Waals surface area contributed by atoms with Crippen molar-refractivity contribution in [3.05, 3.63) is 29.8 Å². The maximum Gasteiger partial charge on any atom is 0.165 e. The van der Waals surface area contributed by atoms with Gasteiger partial charge in [-0.3, -0.25) is 0 Å². The van der Waals surface area contributed by atoms with Gasteiger partial charge >= 0.3 is 0 Å². The summed E-state index contributed by atoms with van der Waals surface area (Å²) >= 11 is 0. The number of nitrogens with zero attached hydrogens (tertiary/aromatic N) is 1. The molecule has 1 aromatic rings. The van der Waals surface area contributed by atoms with Crippen LogP contribution in [0.15, 0.2) is 18.2 Å². The molecular weight excluding hydrogens is 226 g/mol. The van der Waals surface area contributed by atoms with Gasteiger partial charge in [-0.25, -0.2) is 8.78 Å². The van der Waals surface area contributed by atoms with Gasteiger partial charge in [-0.15, -0.1) is 0 Å². The lowest BCUT2D eigenvalue weighted by Gasteiger charge is -2.21. The number of hydrogen-bond acceptors (Lipinski definition) is 3. The number of benzene rings is 1. The molecule has 0 fully saturated rings. The molecule has 0 amide bonds. The average Bonchev–Trinajstić information content (AvgIpc) is 2.23. The van der Waals surface area contributed by atoms with E-state index in [0.29, 0.717) is 0 Å². The SMILES string of the molecule is CC(CC(C)(N)C#N)Oc1cc(F)ccc1F. The van der Waals surface area contributed by atoms with Crippen molar-refractivity contribution in [2.24, 2.45) is 5.73 Å². The van der Waals surface area contributed by atoms with Gasteiger partial charge in [0.1, 0.15) is 11.4 Å². The molecule has 0 heterocycles. The second-order valence-electron chi connectivity index (χ2n) is 4.24. The van der Waals surface area contributed by atoms with E-state index in [1.54, 1.807) is 13.8 Å². The summed E-state index contributed by atoms with van der Waals surface area (Å²) in [4.78, 5) is 0. The van der Waals surface area contributed by atoms with Crippen LogP contribution in [-0.2, 0) is 0 Å². The van der Waals surface area contributed by atoms with E-state index in [4.69, 9.17) is 15.7 Å². The van der Waals surface area contributed by atoms with E-state index in [9.17, 15) is 8.78 Å². The molecule has 5 heteroatoms. The van der Waals surface area contributed by atoms with Crippen molar-refractivity contribution >= 4 is 0 Å². The van der Waals surface area contributed by atoms with Gasteiger partial charge in [-0.1, -0.05) is 0 Å². The van der Waals surface area contributed by atoms with Gasteiger partial charge in [0.25, 0.3) is 0 Å². The van der Waals surface area contributed by atoms with Crippen LogP contribution in [-0.4, -0.2) is 11.6 Å². The third-order valence-corrected chi connectivity index (χ3v) is 2.19. The molecule has 3 nitrogen and oxygen atoms in total. The minimum atomic E-state index is -1.05. The molecule has 0 aliphatic heterocycles. The molecule has 2 unspecified atom stereocenters. The number of halogens is 2. The lowest BCUT2D eigenvalue weighted by Crippen LogP contribution is -2.38. The zero-order valence-corrected chi connectivity index (χ0v) is 9.71. The van der Waals surface area contributed by atoms with Gasteiger partial charge in [0, 0.05) is 12.5 Å². The van der Waals surface area contributed by atoms with Crippen LogP contribution in [0.25, 0.3) is 0 Å². The van der Waals surface area contributed by atoms with Gasteiger partial charge in [0.2, 0.25) is 0 Å². The first-order valence-corrected chi connectivity index (χ1v) is 5.16. The number of ether oxygens (including phenoxy) is 1. The summed E-state index contributed by atoms with van der Waals surface area (Å²) in [6.45, 7) is 3.20. The van der Waals surface area contributed by atoms with Gasteiger partial charge in [-0.05, 0) is 26.0 Å². The Kier molecular flexibility index (Phi) is 4.02. The maximum atomic E-state index is 13.3. The molecule has 92 valence electrons. The average molecular weight is 240 g/mol. The molecule has 0 aromatic heterocycles. The fraction of sp³-hybridized carbons (Fsp3) is 0.417. The molecule has 0 bridgehead atoms. The van der Waals surface area contributed by atoms with Crippen molar-refractivity contribution in [2.45, 2.75) is 31.9 Å². The zero-order chi connectivity index (χ0) is 13.1. The Hall–Kier alpha value is -1.67. The molecule has 1 rings (SSSR count). The normalized spacial score (nSPS) is 15.8. The van der Waals surface area contributed by atoms with Gasteiger partial charge in [0.15, 0.2) is 11.6 Å². The molecule has 1 aromatic carbocycles. The first-order valence-electron chi connectivity index (χ1n) is 5.16. The summed E-state index contributed by atoms with van der Waals surface area (Å²) in [6, 6.07) is 4.88. The second kappa shape index (κ2) is 5.11. The second-order valence-corrected chi connectivity index (χ2v) is 4.24. The van der Waals surface area contributed by atoms with E-state index >= 15 is 0 Å². The summed E-state index contributed by atoms with van der Waals surface area (Å²) in [5.74, 6) is -1.40. The molecule has 0 spiro atoms. The molecule has 0 aliphatic carbocycles. The van der Waals surface area contributed by atoms with Gasteiger partial charge in [-0.2, -0.15) is 5.26 Å². The van der Waals surface area contributed by atoms with Crippen LogP contribution in [0, 0.1) is 23.0 Å².